The van der Waals surface area contributed by atoms with Gasteiger partial charge in [0.25, 0.3) is 0 Å². The van der Waals surface area contributed by atoms with Crippen molar-refractivity contribution in [3.63, 3.8) is 0 Å². The molecule has 1 fully saturated rings. The zero-order chi connectivity index (χ0) is 12.2. The average molecular weight is 275 g/mol. The van der Waals surface area contributed by atoms with E-state index in [1.54, 1.807) is 0 Å². The third kappa shape index (κ3) is 3.49. The van der Waals surface area contributed by atoms with Crippen LogP contribution in [0.3, 0.4) is 0 Å². The number of hydrogen-bond acceptors (Lipinski definition) is 2. The van der Waals surface area contributed by atoms with Crippen molar-refractivity contribution in [2.24, 2.45) is 0 Å². The molecule has 0 amide bonds. The first-order valence-corrected chi connectivity index (χ1v) is 6.54. The highest BCUT2D eigenvalue weighted by Gasteiger charge is 2.13. The minimum absolute atomic E-state index is 0. The van der Waals surface area contributed by atoms with Crippen LogP contribution in [-0.4, -0.2) is 19.1 Å². The molecule has 0 aromatic heterocycles. The summed E-state index contributed by atoms with van der Waals surface area (Å²) < 4.78 is 0. The number of rotatable bonds is 3. The minimum Gasteiger partial charge on any atom is -0.381 e. The van der Waals surface area contributed by atoms with Crippen LogP contribution in [0.2, 0.25) is 0 Å². The highest BCUT2D eigenvalue weighted by Crippen LogP contribution is 2.23. The van der Waals surface area contributed by atoms with Gasteiger partial charge in [-0.2, -0.15) is 0 Å². The van der Waals surface area contributed by atoms with Crippen molar-refractivity contribution in [1.82, 2.24) is 5.32 Å². The second-order valence-electron chi connectivity index (χ2n) is 4.78. The van der Waals surface area contributed by atoms with E-state index in [0.29, 0.717) is 6.04 Å². The van der Waals surface area contributed by atoms with Crippen molar-refractivity contribution in [3.8, 4) is 11.1 Å². The summed E-state index contributed by atoms with van der Waals surface area (Å²) in [4.78, 5) is 0. The smallest absolute Gasteiger partial charge is 0.0398 e. The van der Waals surface area contributed by atoms with Crippen LogP contribution in [0, 0.1) is 0 Å². The van der Waals surface area contributed by atoms with Gasteiger partial charge in [0.1, 0.15) is 0 Å². The summed E-state index contributed by atoms with van der Waals surface area (Å²) >= 11 is 0. The van der Waals surface area contributed by atoms with Crippen LogP contribution in [0.1, 0.15) is 6.42 Å². The zero-order valence-electron chi connectivity index (χ0n) is 10.8. The molecule has 0 aliphatic carbocycles. The van der Waals surface area contributed by atoms with Gasteiger partial charge in [-0.15, -0.1) is 12.4 Å². The number of hydrogen-bond donors (Lipinski definition) is 2. The van der Waals surface area contributed by atoms with Gasteiger partial charge in [-0.1, -0.05) is 42.5 Å². The van der Waals surface area contributed by atoms with E-state index in [4.69, 9.17) is 0 Å². The van der Waals surface area contributed by atoms with Crippen molar-refractivity contribution < 1.29 is 0 Å². The molecule has 1 saturated heterocycles. The molecule has 0 saturated carbocycles. The molecule has 1 heterocycles. The van der Waals surface area contributed by atoms with Crippen molar-refractivity contribution in [2.75, 3.05) is 18.4 Å². The molecular weight excluding hydrogens is 256 g/mol. The standard InChI is InChI=1S/C16H18N2.ClH/c1-2-5-13(6-3-1)14-7-4-8-15(11-14)18-16-9-10-17-12-16;/h1-8,11,16-18H,9-10,12H2;1H/t16-;/m1./s1. The van der Waals surface area contributed by atoms with Gasteiger partial charge in [-0.05, 0) is 36.2 Å². The van der Waals surface area contributed by atoms with Gasteiger partial charge >= 0.3 is 0 Å². The van der Waals surface area contributed by atoms with Crippen molar-refractivity contribution in [3.05, 3.63) is 54.6 Å². The highest BCUT2D eigenvalue weighted by molar-refractivity contribution is 5.85. The summed E-state index contributed by atoms with van der Waals surface area (Å²) in [5.41, 5.74) is 3.75. The second-order valence-corrected chi connectivity index (χ2v) is 4.78. The second kappa shape index (κ2) is 6.60. The average Bonchev–Trinajstić information content (AvgIpc) is 2.93. The molecule has 2 nitrogen and oxygen atoms in total. The molecule has 19 heavy (non-hydrogen) atoms. The fourth-order valence-corrected chi connectivity index (χ4v) is 2.43. The summed E-state index contributed by atoms with van der Waals surface area (Å²) in [6.07, 6.45) is 1.20. The zero-order valence-corrected chi connectivity index (χ0v) is 11.6. The Morgan fingerprint density at radius 3 is 2.47 bits per heavy atom. The minimum atomic E-state index is 0. The van der Waals surface area contributed by atoms with Crippen LogP contribution in [0.5, 0.6) is 0 Å². The summed E-state index contributed by atoms with van der Waals surface area (Å²) in [5, 5.41) is 6.96. The first-order valence-electron chi connectivity index (χ1n) is 6.54. The Kier molecular flexibility index (Phi) is 4.83. The van der Waals surface area contributed by atoms with E-state index in [2.05, 4.69) is 65.2 Å². The molecule has 3 rings (SSSR count). The molecule has 100 valence electrons. The number of halogens is 1. The Bertz CT molecular complexity index is 507. The largest absolute Gasteiger partial charge is 0.381 e. The first kappa shape index (κ1) is 13.9. The Morgan fingerprint density at radius 2 is 1.74 bits per heavy atom. The Balaban J connectivity index is 0.00000133. The quantitative estimate of drug-likeness (QED) is 0.894. The van der Waals surface area contributed by atoms with Crippen molar-refractivity contribution in [1.29, 1.82) is 0 Å². The molecule has 2 N–H and O–H groups in total. The summed E-state index contributed by atoms with van der Waals surface area (Å²) in [6.45, 7) is 2.19. The fourth-order valence-electron chi connectivity index (χ4n) is 2.43. The lowest BCUT2D eigenvalue weighted by Crippen LogP contribution is -2.21. The van der Waals surface area contributed by atoms with Crippen molar-refractivity contribution in [2.45, 2.75) is 12.5 Å². The molecule has 2 aromatic carbocycles. The molecule has 3 heteroatoms. The van der Waals surface area contributed by atoms with Crippen LogP contribution >= 0.6 is 12.4 Å². The van der Waals surface area contributed by atoms with Crippen LogP contribution in [0.25, 0.3) is 11.1 Å². The maximum Gasteiger partial charge on any atom is 0.0398 e. The van der Waals surface area contributed by atoms with E-state index in [0.717, 1.165) is 13.1 Å². The van der Waals surface area contributed by atoms with E-state index in [1.807, 2.05) is 0 Å². The topological polar surface area (TPSA) is 24.1 Å². The Morgan fingerprint density at radius 1 is 0.947 bits per heavy atom. The summed E-state index contributed by atoms with van der Waals surface area (Å²) in [6, 6.07) is 19.7. The molecule has 0 radical (unpaired) electrons. The number of benzene rings is 2. The van der Waals surface area contributed by atoms with Crippen LogP contribution < -0.4 is 10.6 Å². The van der Waals surface area contributed by atoms with Gasteiger partial charge < -0.3 is 10.6 Å². The van der Waals surface area contributed by atoms with Gasteiger partial charge in [-0.3, -0.25) is 0 Å². The van der Waals surface area contributed by atoms with Gasteiger partial charge in [0, 0.05) is 18.3 Å². The summed E-state index contributed by atoms with van der Waals surface area (Å²) in [5.74, 6) is 0. The molecule has 0 unspecified atom stereocenters. The lowest BCUT2D eigenvalue weighted by Gasteiger charge is -2.13. The third-order valence-electron chi connectivity index (χ3n) is 3.40. The molecule has 2 aromatic rings. The molecular formula is C16H19ClN2. The summed E-state index contributed by atoms with van der Waals surface area (Å²) in [7, 11) is 0. The van der Waals surface area contributed by atoms with Gasteiger partial charge in [0.15, 0.2) is 0 Å². The fraction of sp³-hybridized carbons (Fsp3) is 0.250. The van der Waals surface area contributed by atoms with Crippen LogP contribution in [0.15, 0.2) is 54.6 Å². The van der Waals surface area contributed by atoms with E-state index >= 15 is 0 Å². The van der Waals surface area contributed by atoms with Crippen molar-refractivity contribution >= 4 is 18.1 Å². The molecule has 1 atom stereocenters. The highest BCUT2D eigenvalue weighted by atomic mass is 35.5. The van der Waals surface area contributed by atoms with Gasteiger partial charge in [0.2, 0.25) is 0 Å². The Hall–Kier alpha value is -1.51. The Labute approximate surface area is 120 Å². The molecule has 0 spiro atoms. The molecule has 0 bridgehead atoms. The molecule has 1 aliphatic heterocycles. The van der Waals surface area contributed by atoms with E-state index in [1.165, 1.54) is 23.2 Å². The van der Waals surface area contributed by atoms with E-state index in [9.17, 15) is 0 Å². The van der Waals surface area contributed by atoms with Gasteiger partial charge in [-0.25, -0.2) is 0 Å². The van der Waals surface area contributed by atoms with Crippen LogP contribution in [0.4, 0.5) is 5.69 Å². The number of anilines is 1. The lowest BCUT2D eigenvalue weighted by molar-refractivity contribution is 0.793. The predicted molar refractivity (Wildman–Crippen MR) is 84.0 cm³/mol. The first-order chi connectivity index (χ1) is 8.92. The van der Waals surface area contributed by atoms with E-state index in [-0.39, 0.29) is 12.4 Å². The maximum atomic E-state index is 3.59. The normalized spacial score (nSPS) is 17.8. The molecule has 1 aliphatic rings. The third-order valence-corrected chi connectivity index (χ3v) is 3.40. The monoisotopic (exact) mass is 274 g/mol. The lowest BCUT2D eigenvalue weighted by atomic mass is 10.1. The SMILES string of the molecule is Cl.c1ccc(-c2cccc(N[C@@H]3CCNC3)c2)cc1. The van der Waals surface area contributed by atoms with Crippen LogP contribution in [-0.2, 0) is 0 Å². The number of nitrogens with one attached hydrogen (secondary N) is 2. The predicted octanol–water partition coefficient (Wildman–Crippen LogP) is 3.55. The maximum absolute atomic E-state index is 3.59. The van der Waals surface area contributed by atoms with Gasteiger partial charge in [0.05, 0.1) is 0 Å². The van der Waals surface area contributed by atoms with E-state index < -0.39 is 0 Å².